The number of aryl methyl sites for hydroxylation is 1. The molecule has 16 heavy (non-hydrogen) atoms. The standard InChI is InChI=1S/C11H20N4O/c1-8(2)4-5-10-13-9(7-16-3)6-11(14-10)15-12/h6,8H,4-5,7,12H2,1-3H3,(H,13,14,15). The first-order valence-electron chi connectivity index (χ1n) is 5.48. The Bertz CT molecular complexity index is 328. The monoisotopic (exact) mass is 224 g/mol. The van der Waals surface area contributed by atoms with Gasteiger partial charge in [0.25, 0.3) is 0 Å². The fourth-order valence-corrected chi connectivity index (χ4v) is 1.38. The molecule has 0 unspecified atom stereocenters. The number of nitrogens with two attached hydrogens (primary N) is 1. The van der Waals surface area contributed by atoms with E-state index >= 15 is 0 Å². The summed E-state index contributed by atoms with van der Waals surface area (Å²) in [6.45, 7) is 4.84. The Labute approximate surface area is 96.4 Å². The van der Waals surface area contributed by atoms with Crippen LogP contribution in [0, 0.1) is 5.92 Å². The lowest BCUT2D eigenvalue weighted by atomic mass is 10.1. The zero-order valence-electron chi connectivity index (χ0n) is 10.2. The number of anilines is 1. The van der Waals surface area contributed by atoms with Gasteiger partial charge in [0.05, 0.1) is 12.3 Å². The second-order valence-corrected chi connectivity index (χ2v) is 4.17. The first kappa shape index (κ1) is 12.9. The zero-order valence-corrected chi connectivity index (χ0v) is 10.2. The van der Waals surface area contributed by atoms with Gasteiger partial charge in [-0.3, -0.25) is 0 Å². The van der Waals surface area contributed by atoms with Gasteiger partial charge in [0.2, 0.25) is 0 Å². The van der Waals surface area contributed by atoms with Gasteiger partial charge < -0.3 is 10.2 Å². The molecule has 0 aliphatic carbocycles. The summed E-state index contributed by atoms with van der Waals surface area (Å²) in [7, 11) is 1.64. The minimum absolute atomic E-state index is 0.478. The van der Waals surface area contributed by atoms with Crippen molar-refractivity contribution in [3.05, 3.63) is 17.6 Å². The number of nitrogens with zero attached hydrogens (tertiary/aromatic N) is 2. The number of hydrogen-bond acceptors (Lipinski definition) is 5. The number of nitrogen functional groups attached to an aromatic ring is 1. The summed E-state index contributed by atoms with van der Waals surface area (Å²) in [5.74, 6) is 7.46. The van der Waals surface area contributed by atoms with Crippen molar-refractivity contribution in [1.29, 1.82) is 0 Å². The maximum atomic E-state index is 5.36. The second kappa shape index (κ2) is 6.40. The summed E-state index contributed by atoms with van der Waals surface area (Å²) in [5, 5.41) is 0. The van der Waals surface area contributed by atoms with E-state index in [-0.39, 0.29) is 0 Å². The van der Waals surface area contributed by atoms with Gasteiger partial charge in [-0.25, -0.2) is 15.8 Å². The molecule has 0 aliphatic heterocycles. The van der Waals surface area contributed by atoms with Gasteiger partial charge >= 0.3 is 0 Å². The number of hydrogen-bond donors (Lipinski definition) is 2. The molecule has 0 saturated carbocycles. The van der Waals surface area contributed by atoms with E-state index in [2.05, 4.69) is 29.2 Å². The van der Waals surface area contributed by atoms with Crippen molar-refractivity contribution < 1.29 is 4.74 Å². The van der Waals surface area contributed by atoms with Crippen LogP contribution in [0.15, 0.2) is 6.07 Å². The summed E-state index contributed by atoms with van der Waals surface area (Å²) in [4.78, 5) is 8.71. The predicted molar refractivity (Wildman–Crippen MR) is 63.7 cm³/mol. The molecular weight excluding hydrogens is 204 g/mol. The first-order valence-corrected chi connectivity index (χ1v) is 5.48. The van der Waals surface area contributed by atoms with E-state index in [1.54, 1.807) is 13.2 Å². The molecule has 0 radical (unpaired) electrons. The van der Waals surface area contributed by atoms with E-state index in [1.165, 1.54) is 0 Å². The fraction of sp³-hybridized carbons (Fsp3) is 0.636. The van der Waals surface area contributed by atoms with Gasteiger partial charge in [-0.05, 0) is 12.3 Å². The Balaban J connectivity index is 2.77. The van der Waals surface area contributed by atoms with Crippen molar-refractivity contribution in [2.24, 2.45) is 11.8 Å². The van der Waals surface area contributed by atoms with Crippen LogP contribution in [0.5, 0.6) is 0 Å². The van der Waals surface area contributed by atoms with Crippen LogP contribution in [0.2, 0.25) is 0 Å². The average molecular weight is 224 g/mol. The smallest absolute Gasteiger partial charge is 0.144 e. The number of aromatic nitrogens is 2. The third-order valence-electron chi connectivity index (χ3n) is 2.21. The minimum Gasteiger partial charge on any atom is -0.378 e. The average Bonchev–Trinajstić information content (AvgIpc) is 2.26. The highest BCUT2D eigenvalue weighted by Crippen LogP contribution is 2.10. The summed E-state index contributed by atoms with van der Waals surface area (Å²) in [6.07, 6.45) is 1.93. The number of ether oxygens (including phenoxy) is 1. The van der Waals surface area contributed by atoms with Gasteiger partial charge in [-0.2, -0.15) is 0 Å². The molecule has 0 spiro atoms. The molecule has 0 saturated heterocycles. The molecule has 0 atom stereocenters. The van der Waals surface area contributed by atoms with Crippen LogP contribution in [0.4, 0.5) is 5.82 Å². The Morgan fingerprint density at radius 2 is 2.19 bits per heavy atom. The van der Waals surface area contributed by atoms with Crippen molar-refractivity contribution in [3.8, 4) is 0 Å². The highest BCUT2D eigenvalue weighted by molar-refractivity contribution is 5.34. The summed E-state index contributed by atoms with van der Waals surface area (Å²) in [6, 6.07) is 1.79. The van der Waals surface area contributed by atoms with Crippen LogP contribution >= 0.6 is 0 Å². The zero-order chi connectivity index (χ0) is 12.0. The van der Waals surface area contributed by atoms with E-state index in [1.807, 2.05) is 0 Å². The molecule has 3 N–H and O–H groups in total. The van der Waals surface area contributed by atoms with Crippen molar-refractivity contribution in [2.45, 2.75) is 33.3 Å². The molecule has 5 heteroatoms. The third-order valence-corrected chi connectivity index (χ3v) is 2.21. The van der Waals surface area contributed by atoms with E-state index in [0.29, 0.717) is 18.3 Å². The topological polar surface area (TPSA) is 73.1 Å². The number of nitrogens with one attached hydrogen (secondary N) is 1. The molecule has 1 rings (SSSR count). The lowest BCUT2D eigenvalue weighted by Gasteiger charge is -2.08. The largest absolute Gasteiger partial charge is 0.378 e. The highest BCUT2D eigenvalue weighted by atomic mass is 16.5. The quantitative estimate of drug-likeness (QED) is 0.566. The van der Waals surface area contributed by atoms with Crippen LogP contribution in [-0.4, -0.2) is 17.1 Å². The minimum atomic E-state index is 0.478. The summed E-state index contributed by atoms with van der Waals surface area (Å²) >= 11 is 0. The van der Waals surface area contributed by atoms with Crippen molar-refractivity contribution in [1.82, 2.24) is 9.97 Å². The van der Waals surface area contributed by atoms with Crippen LogP contribution in [-0.2, 0) is 17.8 Å². The summed E-state index contributed by atoms with van der Waals surface area (Å²) < 4.78 is 5.05. The maximum absolute atomic E-state index is 5.36. The SMILES string of the molecule is COCc1cc(NN)nc(CCC(C)C)n1. The van der Waals surface area contributed by atoms with Crippen molar-refractivity contribution in [3.63, 3.8) is 0 Å². The van der Waals surface area contributed by atoms with Crippen molar-refractivity contribution in [2.75, 3.05) is 12.5 Å². The van der Waals surface area contributed by atoms with E-state index in [0.717, 1.165) is 24.4 Å². The number of hydrazine groups is 1. The molecule has 0 bridgehead atoms. The molecule has 90 valence electrons. The molecule has 1 aromatic heterocycles. The van der Waals surface area contributed by atoms with Crippen LogP contribution in [0.25, 0.3) is 0 Å². The second-order valence-electron chi connectivity index (χ2n) is 4.17. The highest BCUT2D eigenvalue weighted by Gasteiger charge is 2.05. The fourth-order valence-electron chi connectivity index (χ4n) is 1.38. The van der Waals surface area contributed by atoms with Gasteiger partial charge in [0.1, 0.15) is 11.6 Å². The van der Waals surface area contributed by atoms with Gasteiger partial charge in [0.15, 0.2) is 0 Å². The molecule has 0 fully saturated rings. The van der Waals surface area contributed by atoms with E-state index in [9.17, 15) is 0 Å². The first-order chi connectivity index (χ1) is 7.65. The van der Waals surface area contributed by atoms with E-state index in [4.69, 9.17) is 10.6 Å². The van der Waals surface area contributed by atoms with Crippen molar-refractivity contribution >= 4 is 5.82 Å². The van der Waals surface area contributed by atoms with Crippen LogP contribution in [0.3, 0.4) is 0 Å². The number of methoxy groups -OCH3 is 1. The van der Waals surface area contributed by atoms with Gasteiger partial charge in [-0.1, -0.05) is 13.8 Å². The molecule has 0 aromatic carbocycles. The normalized spacial score (nSPS) is 10.8. The Morgan fingerprint density at radius 1 is 1.44 bits per heavy atom. The molecule has 5 nitrogen and oxygen atoms in total. The Hall–Kier alpha value is -1.20. The molecule has 1 heterocycles. The molecule has 0 amide bonds. The van der Waals surface area contributed by atoms with Gasteiger partial charge in [-0.15, -0.1) is 0 Å². The Morgan fingerprint density at radius 3 is 2.75 bits per heavy atom. The van der Waals surface area contributed by atoms with E-state index < -0.39 is 0 Å². The van der Waals surface area contributed by atoms with Gasteiger partial charge in [0, 0.05) is 19.6 Å². The third kappa shape index (κ3) is 4.12. The molecule has 1 aromatic rings. The molecule has 0 aliphatic rings. The van der Waals surface area contributed by atoms with Crippen LogP contribution < -0.4 is 11.3 Å². The molecular formula is C11H20N4O. The lowest BCUT2D eigenvalue weighted by molar-refractivity contribution is 0.181. The Kier molecular flexibility index (Phi) is 5.14. The maximum Gasteiger partial charge on any atom is 0.144 e. The summed E-state index contributed by atoms with van der Waals surface area (Å²) in [5.41, 5.74) is 3.40. The van der Waals surface area contributed by atoms with Crippen LogP contribution in [0.1, 0.15) is 31.8 Å². The lowest BCUT2D eigenvalue weighted by Crippen LogP contribution is -2.12. The number of rotatable bonds is 6. The predicted octanol–water partition coefficient (Wildman–Crippen LogP) is 1.50.